The Morgan fingerprint density at radius 1 is 0.714 bits per heavy atom. The van der Waals surface area contributed by atoms with Gasteiger partial charge in [-0.1, -0.05) is 66.2 Å². The molecule has 28 heavy (non-hydrogen) atoms. The van der Waals surface area contributed by atoms with Crippen molar-refractivity contribution < 1.29 is 0 Å². The lowest BCUT2D eigenvalue weighted by Crippen LogP contribution is -1.90. The standard InChI is InChI=1S/C24H14ClN3/c25-20-13-23-27-24-22(28(23)21-8-4-3-7-19(20)21)12-18(14-26-24)17-10-9-15-5-1-2-6-16(15)11-17/h1-14H. The van der Waals surface area contributed by atoms with E-state index in [0.717, 1.165) is 38.8 Å². The number of rotatable bonds is 1. The minimum Gasteiger partial charge on any atom is -0.290 e. The number of aromatic nitrogens is 3. The smallest absolute Gasteiger partial charge is 0.178 e. The predicted octanol–water partition coefficient (Wildman–Crippen LogP) is 6.51. The van der Waals surface area contributed by atoms with Crippen LogP contribution in [0.2, 0.25) is 5.02 Å². The summed E-state index contributed by atoms with van der Waals surface area (Å²) in [5, 5.41) is 4.16. The van der Waals surface area contributed by atoms with Crippen LogP contribution in [0.25, 0.3) is 49.6 Å². The molecule has 0 spiro atoms. The Labute approximate surface area is 165 Å². The zero-order chi connectivity index (χ0) is 18.7. The highest BCUT2D eigenvalue weighted by Crippen LogP contribution is 2.31. The number of halogens is 1. The van der Waals surface area contributed by atoms with Crippen LogP contribution in [0.1, 0.15) is 0 Å². The molecular formula is C24H14ClN3. The van der Waals surface area contributed by atoms with Gasteiger partial charge in [0.25, 0.3) is 0 Å². The summed E-state index contributed by atoms with van der Waals surface area (Å²) in [6.07, 6.45) is 1.89. The van der Waals surface area contributed by atoms with E-state index in [-0.39, 0.29) is 0 Å². The van der Waals surface area contributed by atoms with Crippen LogP contribution in [0.3, 0.4) is 0 Å². The molecular weight excluding hydrogens is 366 g/mol. The largest absolute Gasteiger partial charge is 0.290 e. The first-order valence-electron chi connectivity index (χ1n) is 9.12. The van der Waals surface area contributed by atoms with Gasteiger partial charge in [0.05, 0.1) is 16.1 Å². The number of hydrogen-bond donors (Lipinski definition) is 0. The molecule has 3 heterocycles. The highest BCUT2D eigenvalue weighted by molar-refractivity contribution is 6.35. The molecule has 3 nitrogen and oxygen atoms in total. The number of pyridine rings is 2. The number of fused-ring (bicyclic) bond motifs is 6. The van der Waals surface area contributed by atoms with Gasteiger partial charge in [0.2, 0.25) is 0 Å². The van der Waals surface area contributed by atoms with Crippen LogP contribution < -0.4 is 0 Å². The van der Waals surface area contributed by atoms with Crippen LogP contribution in [0, 0.1) is 0 Å². The van der Waals surface area contributed by atoms with E-state index in [1.807, 2.05) is 30.5 Å². The average Bonchev–Trinajstić information content (AvgIpc) is 3.11. The fourth-order valence-corrected chi connectivity index (χ4v) is 4.17. The summed E-state index contributed by atoms with van der Waals surface area (Å²) in [5.74, 6) is 0. The van der Waals surface area contributed by atoms with E-state index in [1.165, 1.54) is 10.8 Å². The van der Waals surface area contributed by atoms with Crippen molar-refractivity contribution in [1.29, 1.82) is 0 Å². The summed E-state index contributed by atoms with van der Waals surface area (Å²) in [6, 6.07) is 27.1. The molecule has 0 bridgehead atoms. The Bertz CT molecular complexity index is 1530. The lowest BCUT2D eigenvalue weighted by atomic mass is 10.0. The zero-order valence-corrected chi connectivity index (χ0v) is 15.6. The van der Waals surface area contributed by atoms with Gasteiger partial charge in [-0.3, -0.25) is 4.40 Å². The highest BCUT2D eigenvalue weighted by atomic mass is 35.5. The molecule has 0 amide bonds. The van der Waals surface area contributed by atoms with Gasteiger partial charge in [-0.25, -0.2) is 9.97 Å². The number of hydrogen-bond acceptors (Lipinski definition) is 2. The molecule has 6 aromatic rings. The maximum Gasteiger partial charge on any atom is 0.178 e. The van der Waals surface area contributed by atoms with Crippen molar-refractivity contribution in [1.82, 2.24) is 14.4 Å². The van der Waals surface area contributed by atoms with Crippen LogP contribution >= 0.6 is 11.6 Å². The van der Waals surface area contributed by atoms with E-state index in [9.17, 15) is 0 Å². The van der Waals surface area contributed by atoms with E-state index < -0.39 is 0 Å². The zero-order valence-electron chi connectivity index (χ0n) is 14.8. The van der Waals surface area contributed by atoms with E-state index in [2.05, 4.69) is 69.0 Å². The van der Waals surface area contributed by atoms with Crippen molar-refractivity contribution in [3.63, 3.8) is 0 Å². The van der Waals surface area contributed by atoms with Crippen molar-refractivity contribution in [3.8, 4) is 11.1 Å². The molecule has 4 heteroatoms. The SMILES string of the molecule is Clc1cc2nc3ncc(-c4ccc5ccccc5c4)cc3n2c2ccccc12. The van der Waals surface area contributed by atoms with E-state index >= 15 is 0 Å². The van der Waals surface area contributed by atoms with E-state index in [0.29, 0.717) is 5.02 Å². The highest BCUT2D eigenvalue weighted by Gasteiger charge is 2.12. The second-order valence-electron chi connectivity index (χ2n) is 6.94. The minimum atomic E-state index is 0.702. The molecule has 0 atom stereocenters. The Morgan fingerprint density at radius 2 is 1.54 bits per heavy atom. The van der Waals surface area contributed by atoms with Crippen LogP contribution in [-0.2, 0) is 0 Å². The third kappa shape index (κ3) is 2.23. The average molecular weight is 380 g/mol. The van der Waals surface area contributed by atoms with E-state index in [4.69, 9.17) is 11.6 Å². The number of imidazole rings is 1. The van der Waals surface area contributed by atoms with Crippen LogP contribution in [0.5, 0.6) is 0 Å². The Hall–Kier alpha value is -3.43. The van der Waals surface area contributed by atoms with Gasteiger partial charge in [0.1, 0.15) is 5.65 Å². The van der Waals surface area contributed by atoms with Gasteiger partial charge in [0, 0.05) is 23.2 Å². The normalized spacial score (nSPS) is 11.8. The summed E-state index contributed by atoms with van der Waals surface area (Å²) in [5.41, 5.74) is 5.75. The molecule has 0 saturated carbocycles. The third-order valence-electron chi connectivity index (χ3n) is 5.28. The topological polar surface area (TPSA) is 30.2 Å². The summed E-state index contributed by atoms with van der Waals surface area (Å²) in [4.78, 5) is 9.31. The van der Waals surface area contributed by atoms with E-state index in [1.54, 1.807) is 0 Å². The van der Waals surface area contributed by atoms with Crippen molar-refractivity contribution in [2.45, 2.75) is 0 Å². The van der Waals surface area contributed by atoms with Crippen molar-refractivity contribution in [2.24, 2.45) is 0 Å². The van der Waals surface area contributed by atoms with Gasteiger partial charge in [-0.2, -0.15) is 0 Å². The van der Waals surface area contributed by atoms with Crippen LogP contribution in [0.4, 0.5) is 0 Å². The molecule has 3 aromatic heterocycles. The Balaban J connectivity index is 1.66. The molecule has 0 saturated heterocycles. The summed E-state index contributed by atoms with van der Waals surface area (Å²) in [7, 11) is 0. The fourth-order valence-electron chi connectivity index (χ4n) is 3.92. The maximum absolute atomic E-state index is 6.47. The molecule has 0 aliphatic carbocycles. The van der Waals surface area contributed by atoms with Crippen LogP contribution in [0.15, 0.2) is 85.1 Å². The lowest BCUT2D eigenvalue weighted by molar-refractivity contribution is 1.30. The third-order valence-corrected chi connectivity index (χ3v) is 5.59. The molecule has 0 aliphatic rings. The second-order valence-corrected chi connectivity index (χ2v) is 7.35. The van der Waals surface area contributed by atoms with Gasteiger partial charge in [0.15, 0.2) is 5.65 Å². The molecule has 132 valence electrons. The Kier molecular flexibility index (Phi) is 3.22. The van der Waals surface area contributed by atoms with Crippen LogP contribution in [-0.4, -0.2) is 14.4 Å². The molecule has 0 fully saturated rings. The monoisotopic (exact) mass is 379 g/mol. The molecule has 0 aliphatic heterocycles. The molecule has 0 unspecified atom stereocenters. The van der Waals surface area contributed by atoms with Gasteiger partial charge in [-0.15, -0.1) is 0 Å². The second kappa shape index (κ2) is 5.78. The van der Waals surface area contributed by atoms with Crippen molar-refractivity contribution in [3.05, 3.63) is 90.1 Å². The number of benzene rings is 3. The molecule has 0 N–H and O–H groups in total. The maximum atomic E-state index is 6.47. The quantitative estimate of drug-likeness (QED) is 0.326. The minimum absolute atomic E-state index is 0.702. The first-order valence-corrected chi connectivity index (χ1v) is 9.50. The first kappa shape index (κ1) is 15.6. The fraction of sp³-hybridized carbons (Fsp3) is 0. The number of nitrogens with zero attached hydrogens (tertiary/aromatic N) is 3. The summed E-state index contributed by atoms with van der Waals surface area (Å²) < 4.78 is 2.13. The molecule has 6 rings (SSSR count). The lowest BCUT2D eigenvalue weighted by Gasteiger charge is -2.07. The molecule has 3 aromatic carbocycles. The molecule has 0 radical (unpaired) electrons. The number of para-hydroxylation sites is 1. The van der Waals surface area contributed by atoms with Crippen molar-refractivity contribution >= 4 is 50.1 Å². The predicted molar refractivity (Wildman–Crippen MR) is 116 cm³/mol. The van der Waals surface area contributed by atoms with Gasteiger partial charge in [-0.05, 0) is 34.5 Å². The first-order chi connectivity index (χ1) is 13.8. The van der Waals surface area contributed by atoms with Crippen molar-refractivity contribution in [2.75, 3.05) is 0 Å². The van der Waals surface area contributed by atoms with Gasteiger partial charge < -0.3 is 0 Å². The van der Waals surface area contributed by atoms with Gasteiger partial charge >= 0.3 is 0 Å². The Morgan fingerprint density at radius 3 is 2.46 bits per heavy atom. The summed E-state index contributed by atoms with van der Waals surface area (Å²) in [6.45, 7) is 0. The summed E-state index contributed by atoms with van der Waals surface area (Å²) >= 11 is 6.47.